The molecule has 5 nitrogen and oxygen atoms in total. The highest BCUT2D eigenvalue weighted by Crippen LogP contribution is 2.29. The smallest absolute Gasteiger partial charge is 0.324 e. The van der Waals surface area contributed by atoms with E-state index in [1.807, 2.05) is 18.2 Å². The van der Waals surface area contributed by atoms with E-state index in [0.717, 1.165) is 5.56 Å². The van der Waals surface area contributed by atoms with Gasteiger partial charge in [-0.25, -0.2) is 4.79 Å². The molecule has 1 atom stereocenters. The maximum absolute atomic E-state index is 11.5. The zero-order chi connectivity index (χ0) is 11.1. The summed E-state index contributed by atoms with van der Waals surface area (Å²) in [5.74, 6) is 0.245. The summed E-state index contributed by atoms with van der Waals surface area (Å²) in [6.07, 6.45) is 1.04. The number of urea groups is 1. The number of nitrogens with one attached hydrogen (secondary N) is 2. The van der Waals surface area contributed by atoms with E-state index >= 15 is 0 Å². The Hall–Kier alpha value is -2.30. The van der Waals surface area contributed by atoms with Gasteiger partial charge in [-0.1, -0.05) is 18.2 Å². The average molecular weight is 216 g/mol. The number of rotatable bonds is 0. The highest BCUT2D eigenvalue weighted by molar-refractivity contribution is 6.10. The van der Waals surface area contributed by atoms with Gasteiger partial charge in [-0.3, -0.25) is 15.4 Å². The molecule has 2 aliphatic rings. The number of imide groups is 1. The first-order valence-corrected chi connectivity index (χ1v) is 4.83. The topological polar surface area (TPSA) is 67.4 Å². The second kappa shape index (κ2) is 3.10. The van der Waals surface area contributed by atoms with Gasteiger partial charge in [0.25, 0.3) is 5.91 Å². The third-order valence-electron chi connectivity index (χ3n) is 2.51. The van der Waals surface area contributed by atoms with Gasteiger partial charge in [0.2, 0.25) is 6.23 Å². The van der Waals surface area contributed by atoms with E-state index in [1.165, 1.54) is 0 Å². The fourth-order valence-electron chi connectivity index (χ4n) is 1.76. The standard InChI is InChI=1S/C11H8N2O3/c14-9-7-5-6-3-1-2-4-8(6)16-10(7)13-11(15)12-9/h1-5,10H,(H2,12,13,14,15). The van der Waals surface area contributed by atoms with E-state index in [1.54, 1.807) is 12.1 Å². The molecular weight excluding hydrogens is 208 g/mol. The molecule has 0 aliphatic carbocycles. The molecule has 2 N–H and O–H groups in total. The molecule has 0 spiro atoms. The van der Waals surface area contributed by atoms with E-state index in [4.69, 9.17) is 4.74 Å². The number of carbonyl (C=O) groups is 2. The number of para-hydroxylation sites is 1. The predicted molar refractivity (Wildman–Crippen MR) is 55.5 cm³/mol. The van der Waals surface area contributed by atoms with E-state index in [0.29, 0.717) is 11.3 Å². The summed E-state index contributed by atoms with van der Waals surface area (Å²) in [6.45, 7) is 0. The van der Waals surface area contributed by atoms with Crippen LogP contribution in [-0.4, -0.2) is 18.2 Å². The van der Waals surface area contributed by atoms with Crippen LogP contribution in [0, 0.1) is 0 Å². The van der Waals surface area contributed by atoms with Crippen molar-refractivity contribution in [2.45, 2.75) is 6.23 Å². The lowest BCUT2D eigenvalue weighted by molar-refractivity contribution is -0.118. The number of carbonyl (C=O) groups excluding carboxylic acids is 2. The van der Waals surface area contributed by atoms with Crippen molar-refractivity contribution in [1.82, 2.24) is 10.6 Å². The summed E-state index contributed by atoms with van der Waals surface area (Å²) in [6, 6.07) is 6.80. The van der Waals surface area contributed by atoms with Crippen LogP contribution in [-0.2, 0) is 4.79 Å². The first-order chi connectivity index (χ1) is 7.74. The van der Waals surface area contributed by atoms with Crippen LogP contribution in [0.5, 0.6) is 5.75 Å². The molecule has 2 heterocycles. The molecule has 80 valence electrons. The summed E-state index contributed by atoms with van der Waals surface area (Å²) < 4.78 is 5.52. The van der Waals surface area contributed by atoms with Crippen LogP contribution in [0.1, 0.15) is 5.56 Å². The molecule has 3 amide bonds. The van der Waals surface area contributed by atoms with Crippen LogP contribution in [0.4, 0.5) is 4.79 Å². The van der Waals surface area contributed by atoms with Crippen LogP contribution in [0.25, 0.3) is 6.08 Å². The molecule has 1 aromatic rings. The fraction of sp³-hybridized carbons (Fsp3) is 0.0909. The molecule has 1 unspecified atom stereocenters. The Bertz CT molecular complexity index is 522. The van der Waals surface area contributed by atoms with Crippen molar-refractivity contribution in [3.8, 4) is 5.75 Å². The average Bonchev–Trinajstić information content (AvgIpc) is 2.27. The van der Waals surface area contributed by atoms with Gasteiger partial charge < -0.3 is 4.74 Å². The van der Waals surface area contributed by atoms with Crippen molar-refractivity contribution < 1.29 is 14.3 Å². The number of fused-ring (bicyclic) bond motifs is 2. The molecule has 1 aromatic carbocycles. The van der Waals surface area contributed by atoms with E-state index in [9.17, 15) is 9.59 Å². The van der Waals surface area contributed by atoms with Gasteiger partial charge in [0.15, 0.2) is 0 Å². The van der Waals surface area contributed by atoms with Crippen molar-refractivity contribution >= 4 is 18.0 Å². The van der Waals surface area contributed by atoms with Crippen molar-refractivity contribution in [2.24, 2.45) is 0 Å². The normalized spacial score (nSPS) is 22.0. The van der Waals surface area contributed by atoms with Gasteiger partial charge in [-0.05, 0) is 12.1 Å². The minimum Gasteiger partial charge on any atom is -0.466 e. The molecule has 3 rings (SSSR count). The summed E-state index contributed by atoms with van der Waals surface area (Å²) in [5, 5.41) is 4.70. The Labute approximate surface area is 91.1 Å². The van der Waals surface area contributed by atoms with Gasteiger partial charge in [0.1, 0.15) is 5.75 Å². The molecule has 0 aromatic heterocycles. The predicted octanol–water partition coefficient (Wildman–Crippen LogP) is 0.628. The number of benzene rings is 1. The zero-order valence-corrected chi connectivity index (χ0v) is 8.19. The molecule has 0 radical (unpaired) electrons. The van der Waals surface area contributed by atoms with Gasteiger partial charge in [-0.2, -0.15) is 0 Å². The van der Waals surface area contributed by atoms with E-state index in [2.05, 4.69) is 10.6 Å². The van der Waals surface area contributed by atoms with Gasteiger partial charge >= 0.3 is 6.03 Å². The SMILES string of the molecule is O=C1NC(=O)C2=Cc3ccccc3OC2N1. The van der Waals surface area contributed by atoms with Crippen molar-refractivity contribution in [1.29, 1.82) is 0 Å². The third-order valence-corrected chi connectivity index (χ3v) is 2.51. The maximum atomic E-state index is 11.5. The highest BCUT2D eigenvalue weighted by atomic mass is 16.5. The third kappa shape index (κ3) is 1.25. The number of ether oxygens (including phenoxy) is 1. The second-order valence-electron chi connectivity index (χ2n) is 3.56. The van der Waals surface area contributed by atoms with Crippen LogP contribution in [0.3, 0.4) is 0 Å². The molecule has 1 fully saturated rings. The molecule has 0 saturated carbocycles. The Kier molecular flexibility index (Phi) is 1.73. The van der Waals surface area contributed by atoms with Gasteiger partial charge in [0, 0.05) is 5.56 Å². The first-order valence-electron chi connectivity index (χ1n) is 4.83. The minimum absolute atomic E-state index is 0.414. The summed E-state index contributed by atoms with van der Waals surface area (Å²) in [4.78, 5) is 22.6. The lowest BCUT2D eigenvalue weighted by Gasteiger charge is -2.30. The monoisotopic (exact) mass is 216 g/mol. The maximum Gasteiger partial charge on any atom is 0.324 e. The van der Waals surface area contributed by atoms with E-state index in [-0.39, 0.29) is 0 Å². The summed E-state index contributed by atoms with van der Waals surface area (Å²) in [5.41, 5.74) is 1.25. The van der Waals surface area contributed by atoms with Crippen LogP contribution in [0.2, 0.25) is 0 Å². The Morgan fingerprint density at radius 3 is 2.88 bits per heavy atom. The Morgan fingerprint density at radius 2 is 2.00 bits per heavy atom. The Balaban J connectivity index is 2.08. The highest BCUT2D eigenvalue weighted by Gasteiger charge is 2.33. The second-order valence-corrected chi connectivity index (χ2v) is 3.56. The molecule has 2 aliphatic heterocycles. The number of amides is 3. The lowest BCUT2D eigenvalue weighted by Crippen LogP contribution is -2.56. The molecule has 1 saturated heterocycles. The minimum atomic E-state index is -0.684. The molecular formula is C11H8N2O3. The zero-order valence-electron chi connectivity index (χ0n) is 8.19. The van der Waals surface area contributed by atoms with Crippen molar-refractivity contribution in [2.75, 3.05) is 0 Å². The van der Waals surface area contributed by atoms with Crippen LogP contribution in [0.15, 0.2) is 29.8 Å². The summed E-state index contributed by atoms with van der Waals surface area (Å²) in [7, 11) is 0. The Morgan fingerprint density at radius 1 is 1.19 bits per heavy atom. The quantitative estimate of drug-likeness (QED) is 0.668. The molecule has 5 heteroatoms. The lowest BCUT2D eigenvalue weighted by atomic mass is 10.0. The van der Waals surface area contributed by atoms with Crippen molar-refractivity contribution in [3.63, 3.8) is 0 Å². The van der Waals surface area contributed by atoms with Gasteiger partial charge in [-0.15, -0.1) is 0 Å². The molecule has 16 heavy (non-hydrogen) atoms. The number of hydrogen-bond acceptors (Lipinski definition) is 3. The fourth-order valence-corrected chi connectivity index (χ4v) is 1.76. The van der Waals surface area contributed by atoms with Crippen LogP contribution >= 0.6 is 0 Å². The van der Waals surface area contributed by atoms with E-state index < -0.39 is 18.2 Å². The first kappa shape index (κ1) is 8.96. The van der Waals surface area contributed by atoms with Crippen molar-refractivity contribution in [3.05, 3.63) is 35.4 Å². The largest absolute Gasteiger partial charge is 0.466 e. The van der Waals surface area contributed by atoms with Gasteiger partial charge in [0.05, 0.1) is 5.57 Å². The summed E-state index contributed by atoms with van der Waals surface area (Å²) >= 11 is 0. The molecule has 0 bridgehead atoms. The van der Waals surface area contributed by atoms with Crippen LogP contribution < -0.4 is 15.4 Å². The number of hydrogen-bond donors (Lipinski definition) is 2.